The van der Waals surface area contributed by atoms with Gasteiger partial charge in [0.2, 0.25) is 0 Å². The Morgan fingerprint density at radius 2 is 2.13 bits per heavy atom. The van der Waals surface area contributed by atoms with Crippen molar-refractivity contribution in [2.75, 3.05) is 11.9 Å². The summed E-state index contributed by atoms with van der Waals surface area (Å²) >= 11 is 0. The summed E-state index contributed by atoms with van der Waals surface area (Å²) in [6.45, 7) is 1.42. The summed E-state index contributed by atoms with van der Waals surface area (Å²) in [5.41, 5.74) is 2.20. The van der Waals surface area contributed by atoms with Gasteiger partial charge in [-0.3, -0.25) is 4.79 Å². The second-order valence-corrected chi connectivity index (χ2v) is 4.82. The molecular formula is C16H13N3O4. The Labute approximate surface area is 131 Å². The van der Waals surface area contributed by atoms with E-state index in [1.165, 1.54) is 6.39 Å². The number of carbonyl (C=O) groups excluding carboxylic acids is 2. The second kappa shape index (κ2) is 6.27. The summed E-state index contributed by atoms with van der Waals surface area (Å²) in [4.78, 5) is 31.8. The van der Waals surface area contributed by atoms with Crippen LogP contribution in [0, 0.1) is 6.92 Å². The SMILES string of the molecule is Cc1cccc(NC(=O)COC(=O)c2ccc3ocnc3c2)n1. The van der Waals surface area contributed by atoms with E-state index in [4.69, 9.17) is 9.15 Å². The van der Waals surface area contributed by atoms with Gasteiger partial charge in [0.25, 0.3) is 5.91 Å². The number of ether oxygens (including phenoxy) is 1. The minimum atomic E-state index is -0.609. The van der Waals surface area contributed by atoms with Crippen LogP contribution in [0.15, 0.2) is 47.2 Å². The molecule has 116 valence electrons. The van der Waals surface area contributed by atoms with E-state index in [2.05, 4.69) is 15.3 Å². The minimum absolute atomic E-state index is 0.299. The zero-order valence-electron chi connectivity index (χ0n) is 12.3. The molecule has 3 rings (SSSR count). The first kappa shape index (κ1) is 14.7. The molecule has 0 aliphatic heterocycles. The topological polar surface area (TPSA) is 94.3 Å². The molecule has 0 aliphatic carbocycles. The van der Waals surface area contributed by atoms with Crippen LogP contribution >= 0.6 is 0 Å². The summed E-state index contributed by atoms with van der Waals surface area (Å²) < 4.78 is 10.1. The molecule has 0 fully saturated rings. The van der Waals surface area contributed by atoms with E-state index >= 15 is 0 Å². The van der Waals surface area contributed by atoms with Crippen LogP contribution in [0.4, 0.5) is 5.82 Å². The fourth-order valence-corrected chi connectivity index (χ4v) is 1.99. The number of rotatable bonds is 4. The average Bonchev–Trinajstić information content (AvgIpc) is 3.00. The number of hydrogen-bond acceptors (Lipinski definition) is 6. The highest BCUT2D eigenvalue weighted by atomic mass is 16.5. The Kier molecular flexibility index (Phi) is 4.01. The maximum Gasteiger partial charge on any atom is 0.338 e. The lowest BCUT2D eigenvalue weighted by molar-refractivity contribution is -0.119. The Morgan fingerprint density at radius 1 is 1.26 bits per heavy atom. The van der Waals surface area contributed by atoms with E-state index in [0.717, 1.165) is 5.69 Å². The summed E-state index contributed by atoms with van der Waals surface area (Å²) in [6, 6.07) is 9.96. The number of anilines is 1. The number of nitrogens with one attached hydrogen (secondary N) is 1. The third-order valence-electron chi connectivity index (χ3n) is 3.06. The van der Waals surface area contributed by atoms with Gasteiger partial charge in [-0.25, -0.2) is 14.8 Å². The van der Waals surface area contributed by atoms with Crippen LogP contribution in [0.25, 0.3) is 11.1 Å². The van der Waals surface area contributed by atoms with Crippen LogP contribution in [0.5, 0.6) is 0 Å². The lowest BCUT2D eigenvalue weighted by Crippen LogP contribution is -2.21. The molecule has 1 N–H and O–H groups in total. The number of aromatic nitrogens is 2. The average molecular weight is 311 g/mol. The molecule has 0 saturated carbocycles. The molecule has 0 atom stereocenters. The number of carbonyl (C=O) groups is 2. The number of esters is 1. The van der Waals surface area contributed by atoms with Gasteiger partial charge in [-0.2, -0.15) is 0 Å². The lowest BCUT2D eigenvalue weighted by Gasteiger charge is -2.06. The molecule has 7 nitrogen and oxygen atoms in total. The molecule has 2 aromatic heterocycles. The zero-order chi connectivity index (χ0) is 16.2. The van der Waals surface area contributed by atoms with E-state index in [9.17, 15) is 9.59 Å². The molecule has 0 aliphatic rings. The normalized spacial score (nSPS) is 10.5. The van der Waals surface area contributed by atoms with Gasteiger partial charge in [0.1, 0.15) is 11.3 Å². The van der Waals surface area contributed by atoms with Gasteiger partial charge in [-0.05, 0) is 37.3 Å². The zero-order valence-corrected chi connectivity index (χ0v) is 12.3. The van der Waals surface area contributed by atoms with Crippen molar-refractivity contribution in [3.05, 3.63) is 54.0 Å². The Morgan fingerprint density at radius 3 is 2.96 bits per heavy atom. The largest absolute Gasteiger partial charge is 0.452 e. The Bertz CT molecular complexity index is 872. The van der Waals surface area contributed by atoms with Crippen LogP contribution in [-0.2, 0) is 9.53 Å². The van der Waals surface area contributed by atoms with Gasteiger partial charge < -0.3 is 14.5 Å². The fourth-order valence-electron chi connectivity index (χ4n) is 1.99. The molecular weight excluding hydrogens is 298 g/mol. The molecule has 7 heteroatoms. The van der Waals surface area contributed by atoms with Crippen LogP contribution in [0.2, 0.25) is 0 Å². The van der Waals surface area contributed by atoms with Gasteiger partial charge in [0.15, 0.2) is 18.6 Å². The molecule has 1 aromatic carbocycles. The van der Waals surface area contributed by atoms with E-state index in [0.29, 0.717) is 22.5 Å². The second-order valence-electron chi connectivity index (χ2n) is 4.82. The molecule has 23 heavy (non-hydrogen) atoms. The maximum atomic E-state index is 11.9. The predicted octanol–water partition coefficient (Wildman–Crippen LogP) is 2.33. The van der Waals surface area contributed by atoms with Crippen molar-refractivity contribution < 1.29 is 18.7 Å². The molecule has 0 unspecified atom stereocenters. The van der Waals surface area contributed by atoms with E-state index in [1.807, 2.05) is 13.0 Å². The predicted molar refractivity (Wildman–Crippen MR) is 81.9 cm³/mol. The molecule has 2 heterocycles. The van der Waals surface area contributed by atoms with Gasteiger partial charge in [0.05, 0.1) is 5.56 Å². The number of fused-ring (bicyclic) bond motifs is 1. The van der Waals surface area contributed by atoms with Crippen molar-refractivity contribution in [1.29, 1.82) is 0 Å². The number of hydrogen-bond donors (Lipinski definition) is 1. The molecule has 3 aromatic rings. The summed E-state index contributed by atoms with van der Waals surface area (Å²) in [5, 5.41) is 2.56. The first-order valence-corrected chi connectivity index (χ1v) is 6.86. The first-order chi connectivity index (χ1) is 11.1. The van der Waals surface area contributed by atoms with Gasteiger partial charge in [0, 0.05) is 5.69 Å². The van der Waals surface area contributed by atoms with Crippen LogP contribution in [0.1, 0.15) is 16.1 Å². The van der Waals surface area contributed by atoms with Crippen molar-refractivity contribution in [3.8, 4) is 0 Å². The van der Waals surface area contributed by atoms with E-state index in [1.54, 1.807) is 30.3 Å². The summed E-state index contributed by atoms with van der Waals surface area (Å²) in [5.74, 6) is -0.656. The Hall–Kier alpha value is -3.22. The monoisotopic (exact) mass is 311 g/mol. The standard InChI is InChI=1S/C16H13N3O4/c1-10-3-2-4-14(18-10)19-15(20)8-22-16(21)11-5-6-13-12(7-11)17-9-23-13/h2-7,9H,8H2,1H3,(H,18,19,20). The number of benzene rings is 1. The molecule has 0 spiro atoms. The smallest absolute Gasteiger partial charge is 0.338 e. The van der Waals surface area contributed by atoms with Crippen molar-refractivity contribution in [1.82, 2.24) is 9.97 Å². The minimum Gasteiger partial charge on any atom is -0.452 e. The van der Waals surface area contributed by atoms with Gasteiger partial charge in [-0.15, -0.1) is 0 Å². The number of pyridine rings is 1. The van der Waals surface area contributed by atoms with Gasteiger partial charge >= 0.3 is 5.97 Å². The number of aryl methyl sites for hydroxylation is 1. The highest BCUT2D eigenvalue weighted by Crippen LogP contribution is 2.14. The summed E-state index contributed by atoms with van der Waals surface area (Å²) in [6.07, 6.45) is 1.29. The van der Waals surface area contributed by atoms with Crippen LogP contribution < -0.4 is 5.32 Å². The van der Waals surface area contributed by atoms with Crippen molar-refractivity contribution >= 4 is 28.8 Å². The van der Waals surface area contributed by atoms with Crippen LogP contribution in [0.3, 0.4) is 0 Å². The van der Waals surface area contributed by atoms with Crippen molar-refractivity contribution in [2.45, 2.75) is 6.92 Å². The highest BCUT2D eigenvalue weighted by Gasteiger charge is 2.12. The number of amides is 1. The molecule has 1 amide bonds. The third kappa shape index (κ3) is 3.52. The van der Waals surface area contributed by atoms with E-state index < -0.39 is 18.5 Å². The maximum absolute atomic E-state index is 11.9. The van der Waals surface area contributed by atoms with E-state index in [-0.39, 0.29) is 0 Å². The molecule has 0 bridgehead atoms. The molecule has 0 saturated heterocycles. The Balaban J connectivity index is 1.58. The third-order valence-corrected chi connectivity index (χ3v) is 3.06. The summed E-state index contributed by atoms with van der Waals surface area (Å²) in [7, 11) is 0. The quantitative estimate of drug-likeness (QED) is 0.743. The van der Waals surface area contributed by atoms with Crippen molar-refractivity contribution in [3.63, 3.8) is 0 Å². The van der Waals surface area contributed by atoms with Crippen LogP contribution in [-0.4, -0.2) is 28.5 Å². The highest BCUT2D eigenvalue weighted by molar-refractivity contribution is 5.96. The van der Waals surface area contributed by atoms with Crippen molar-refractivity contribution in [2.24, 2.45) is 0 Å². The molecule has 0 radical (unpaired) electrons. The lowest BCUT2D eigenvalue weighted by atomic mass is 10.2. The fraction of sp³-hybridized carbons (Fsp3) is 0.125. The van der Waals surface area contributed by atoms with Gasteiger partial charge in [-0.1, -0.05) is 6.07 Å². The first-order valence-electron chi connectivity index (χ1n) is 6.86. The number of oxazole rings is 1. The number of nitrogens with zero attached hydrogens (tertiary/aromatic N) is 2.